The van der Waals surface area contributed by atoms with Gasteiger partial charge in [0.25, 0.3) is 0 Å². The first-order valence-corrected chi connectivity index (χ1v) is 32.8. The van der Waals surface area contributed by atoms with E-state index in [9.17, 15) is 9.59 Å². The summed E-state index contributed by atoms with van der Waals surface area (Å²) in [6.07, 6.45) is 16.3. The molecule has 0 aliphatic carbocycles. The monoisotopic (exact) mass is 1320 g/mol. The van der Waals surface area contributed by atoms with Crippen molar-refractivity contribution in [1.29, 1.82) is 0 Å². The molecule has 2 amide bonds. The van der Waals surface area contributed by atoms with Gasteiger partial charge in [-0.15, -0.1) is 37.6 Å². The zero-order valence-corrected chi connectivity index (χ0v) is 57.6. The number of halogens is 1. The van der Waals surface area contributed by atoms with Gasteiger partial charge in [0, 0.05) is 118 Å². The Bertz CT molecular complexity index is 2730. The molecule has 4 aliphatic rings. The van der Waals surface area contributed by atoms with Crippen molar-refractivity contribution in [2.24, 2.45) is 5.73 Å². The minimum absolute atomic E-state index is 0. The van der Waals surface area contributed by atoms with Crippen molar-refractivity contribution in [2.45, 2.75) is 142 Å². The molecule has 4 heterocycles. The molecule has 6 unspecified atom stereocenters. The van der Waals surface area contributed by atoms with Crippen LogP contribution in [-0.2, 0) is 67.7 Å². The van der Waals surface area contributed by atoms with Gasteiger partial charge in [0.05, 0.1) is 50.7 Å². The second-order valence-corrected chi connectivity index (χ2v) is 23.2. The van der Waals surface area contributed by atoms with Crippen LogP contribution in [-0.4, -0.2) is 179 Å². The summed E-state index contributed by atoms with van der Waals surface area (Å²) in [5, 5.41) is 6.89. The highest BCUT2D eigenvalue weighted by atomic mass is 35.5. The van der Waals surface area contributed by atoms with Crippen molar-refractivity contribution in [3.63, 3.8) is 0 Å². The van der Waals surface area contributed by atoms with Crippen LogP contribution in [0.1, 0.15) is 87.3 Å². The number of ether oxygens (including phenoxy) is 6. The molecule has 4 aliphatic heterocycles. The van der Waals surface area contributed by atoms with Crippen LogP contribution in [0.5, 0.6) is 0 Å². The van der Waals surface area contributed by atoms with Crippen LogP contribution in [0, 0.1) is 25.2 Å². The highest BCUT2D eigenvalue weighted by Gasteiger charge is 2.37. The van der Waals surface area contributed by atoms with Crippen molar-refractivity contribution >= 4 is 24.6 Å². The fraction of sp³-hybridized carbons (Fsp3) is 0.462. The third-order valence-electron chi connectivity index (χ3n) is 17.0. The number of likely N-dealkylation sites (tertiary alicyclic amines) is 2. The summed E-state index contributed by atoms with van der Waals surface area (Å²) < 4.78 is 32.6. The molecule has 4 fully saturated rings. The third-order valence-corrected chi connectivity index (χ3v) is 17.0. The molecule has 4 saturated heterocycles. The molecule has 10 rings (SSSR count). The summed E-state index contributed by atoms with van der Waals surface area (Å²) in [7, 11) is 7.00. The Morgan fingerprint density at radius 1 is 0.463 bits per heavy atom. The molecule has 6 aromatic carbocycles. The van der Waals surface area contributed by atoms with Crippen LogP contribution >= 0.6 is 12.4 Å². The molecule has 6 aromatic rings. The second-order valence-electron chi connectivity index (χ2n) is 23.2. The molecule has 16 nitrogen and oxygen atoms in total. The lowest BCUT2D eigenvalue weighted by molar-refractivity contribution is -0.0413. The van der Waals surface area contributed by atoms with Gasteiger partial charge < -0.3 is 54.6 Å². The van der Waals surface area contributed by atoms with Gasteiger partial charge in [-0.05, 0) is 92.9 Å². The zero-order valence-electron chi connectivity index (χ0n) is 56.8. The molecule has 0 saturated carbocycles. The van der Waals surface area contributed by atoms with Gasteiger partial charge in [0.2, 0.25) is 0 Å². The number of nitrogens with zero attached hydrogens (tertiary/aromatic N) is 5. The van der Waals surface area contributed by atoms with Crippen LogP contribution in [0.25, 0.3) is 0 Å². The van der Waals surface area contributed by atoms with Crippen molar-refractivity contribution in [3.05, 3.63) is 215 Å². The lowest BCUT2D eigenvalue weighted by atomic mass is 9.98. The fourth-order valence-electron chi connectivity index (χ4n) is 12.2. The number of hydrogen-bond acceptors (Lipinski definition) is 14. The molecule has 518 valence electrons. The maximum absolute atomic E-state index is 12.2. The van der Waals surface area contributed by atoms with Crippen LogP contribution < -0.4 is 16.4 Å². The minimum Gasteiger partial charge on any atom is -0.450 e. The van der Waals surface area contributed by atoms with Crippen molar-refractivity contribution in [3.8, 4) is 25.2 Å². The number of carbonyl (C=O) groups is 2. The van der Waals surface area contributed by atoms with E-state index in [1.54, 1.807) is 37.9 Å². The number of nitrogens with one attached hydrogen (secondary N) is 2. The van der Waals surface area contributed by atoms with Gasteiger partial charge in [-0.25, -0.2) is 9.59 Å². The summed E-state index contributed by atoms with van der Waals surface area (Å²) >= 11 is 0. The fourth-order valence-corrected chi connectivity index (χ4v) is 12.2. The first kappa shape index (κ1) is 82.1. The number of rotatable bonds is 21. The normalized spacial score (nSPS) is 20.3. The van der Waals surface area contributed by atoms with Crippen LogP contribution in [0.4, 0.5) is 9.59 Å². The smallest absolute Gasteiger partial charge is 0.409 e. The number of terminal acetylenes is 2. The average Bonchev–Trinajstić information content (AvgIpc) is 0.859. The summed E-state index contributed by atoms with van der Waals surface area (Å²) in [6.45, 7) is 18.0. The van der Waals surface area contributed by atoms with Gasteiger partial charge in [-0.3, -0.25) is 14.7 Å². The average molecular weight is 1320 g/mol. The van der Waals surface area contributed by atoms with Crippen LogP contribution in [0.2, 0.25) is 0 Å². The Morgan fingerprint density at radius 2 is 0.716 bits per heavy atom. The molecule has 4 N–H and O–H groups in total. The molecular weight excluding hydrogens is 1210 g/mol. The SMILES string of the molecule is C.C#C.C#CC.CCOC(=O)N1CCC(N(Cc2ccccc2)Cc2ccccc2)C(OC)C1.CCOC(=O)N1CCC(N)C(OC)C1.COC1CNCCC1N(Cc1ccccc1)Cc1ccccc1.CO[C@H]1CNCC[C@H]1N(Cc1ccccc1)Cc1ccccc1.Cl. The standard InChI is InChI=1S/C23H30N2O3.2C20H26N2O.C9H18N2O3.C3H4.C2H2.CH4.ClH/c1-3-28-23(26)24-15-14-21(22(18-24)27-2)25(16-19-10-6-4-7-11-19)17-20-12-8-5-9-13-20;2*1-23-20-14-21-13-12-19(20)22(15-17-8-4-2-5-9-17)16-18-10-6-3-7-11-18;1-3-14-9(12)11-5-4-7(10)8(6-11)13-2;1-3-2;1-2;;/h4-13,21-22H,3,14-18H2,1-2H3;2*2-11,19-21H,12-16H2,1H3;7-8H,3-6,10H2,1-2H3;1H,2H3;1-2H;1H4;1H/t;19-,20+;;;;;;/m.1....../s1. The summed E-state index contributed by atoms with van der Waals surface area (Å²) in [4.78, 5) is 34.5. The van der Waals surface area contributed by atoms with Crippen molar-refractivity contribution in [1.82, 2.24) is 35.1 Å². The maximum atomic E-state index is 12.2. The number of methoxy groups -OCH3 is 4. The lowest BCUT2D eigenvalue weighted by Gasteiger charge is -2.43. The Kier molecular flexibility index (Phi) is 42.0. The van der Waals surface area contributed by atoms with Crippen molar-refractivity contribution in [2.75, 3.05) is 94.0 Å². The van der Waals surface area contributed by atoms with E-state index in [0.717, 1.165) is 91.1 Å². The van der Waals surface area contributed by atoms with Crippen molar-refractivity contribution < 1.29 is 38.0 Å². The van der Waals surface area contributed by atoms with E-state index in [-0.39, 0.29) is 68.5 Å². The molecular formula is C78H111ClN8O8. The third kappa shape index (κ3) is 29.0. The molecule has 17 heteroatoms. The van der Waals surface area contributed by atoms with Crippen LogP contribution in [0.15, 0.2) is 182 Å². The van der Waals surface area contributed by atoms with Gasteiger partial charge in [0.15, 0.2) is 0 Å². The number of piperidine rings is 4. The first-order chi connectivity index (χ1) is 45.5. The highest BCUT2D eigenvalue weighted by Crippen LogP contribution is 2.26. The van der Waals surface area contributed by atoms with E-state index < -0.39 is 0 Å². The van der Waals surface area contributed by atoms with E-state index in [1.807, 2.05) is 33.3 Å². The first-order valence-electron chi connectivity index (χ1n) is 32.8. The molecule has 0 bridgehead atoms. The Balaban J connectivity index is 0.000000327. The number of carbonyl (C=O) groups excluding carboxylic acids is 2. The second kappa shape index (κ2) is 48.5. The predicted octanol–water partition coefficient (Wildman–Crippen LogP) is 12.2. The van der Waals surface area contributed by atoms with Gasteiger partial charge >= 0.3 is 12.2 Å². The largest absolute Gasteiger partial charge is 0.450 e. The van der Waals surface area contributed by atoms with E-state index in [2.05, 4.69) is 220 Å². The topological polar surface area (TPSA) is 156 Å². The number of benzene rings is 6. The van der Waals surface area contributed by atoms with E-state index in [1.165, 1.54) is 33.4 Å². The summed E-state index contributed by atoms with van der Waals surface area (Å²) in [5.74, 6) is 2.25. The molecule has 0 aromatic heterocycles. The number of nitrogens with two attached hydrogens (primary N) is 1. The van der Waals surface area contributed by atoms with E-state index in [0.29, 0.717) is 51.5 Å². The van der Waals surface area contributed by atoms with E-state index >= 15 is 0 Å². The quantitative estimate of drug-likeness (QED) is 0.0585. The van der Waals surface area contributed by atoms with Crippen LogP contribution in [0.3, 0.4) is 0 Å². The minimum atomic E-state index is -0.276. The Morgan fingerprint density at radius 3 is 0.979 bits per heavy atom. The Labute approximate surface area is 576 Å². The zero-order chi connectivity index (χ0) is 66.8. The molecule has 0 spiro atoms. The van der Waals surface area contributed by atoms with E-state index in [4.69, 9.17) is 34.2 Å². The van der Waals surface area contributed by atoms with Gasteiger partial charge in [-0.1, -0.05) is 189 Å². The summed E-state index contributed by atoms with van der Waals surface area (Å²) in [5.41, 5.74) is 13.8. The van der Waals surface area contributed by atoms with Gasteiger partial charge in [0.1, 0.15) is 0 Å². The highest BCUT2D eigenvalue weighted by molar-refractivity contribution is 5.85. The summed E-state index contributed by atoms with van der Waals surface area (Å²) in [6, 6.07) is 65.1. The molecule has 95 heavy (non-hydrogen) atoms. The molecule has 0 radical (unpaired) electrons. The predicted molar refractivity (Wildman–Crippen MR) is 389 cm³/mol. The number of amides is 2. The maximum Gasteiger partial charge on any atom is 0.409 e. The Hall–Kier alpha value is -7.13. The molecule has 8 atom stereocenters. The van der Waals surface area contributed by atoms with Gasteiger partial charge in [-0.2, -0.15) is 0 Å². The lowest BCUT2D eigenvalue weighted by Crippen LogP contribution is -2.55. The number of hydrogen-bond donors (Lipinski definition) is 3.